The predicted octanol–water partition coefficient (Wildman–Crippen LogP) is 1.26. The number of nitrogens with zero attached hydrogens (tertiary/aromatic N) is 3. The van der Waals surface area contributed by atoms with Gasteiger partial charge in [-0.1, -0.05) is 12.1 Å². The number of halogens is 1. The van der Waals surface area contributed by atoms with E-state index in [1.807, 2.05) is 0 Å². The van der Waals surface area contributed by atoms with Crippen LogP contribution in [-0.4, -0.2) is 26.0 Å². The number of rotatable bonds is 3. The normalized spacial score (nSPS) is 34.2. The summed E-state index contributed by atoms with van der Waals surface area (Å²) in [5.74, 6) is -2.67. The van der Waals surface area contributed by atoms with E-state index in [9.17, 15) is 14.9 Å². The van der Waals surface area contributed by atoms with Crippen molar-refractivity contribution in [2.24, 2.45) is 21.6 Å². The molecule has 0 saturated heterocycles. The Morgan fingerprint density at radius 1 is 1.18 bits per heavy atom. The Bertz CT molecular complexity index is 744. The maximum Gasteiger partial charge on any atom is 0.292 e. The Labute approximate surface area is 126 Å². The molecule has 7 heteroatoms. The van der Waals surface area contributed by atoms with Crippen molar-refractivity contribution >= 4 is 5.84 Å². The molecule has 112 valence electrons. The number of hydrogen-bond acceptors (Lipinski definition) is 6. The third-order valence-corrected chi connectivity index (χ3v) is 4.68. The lowest BCUT2D eigenvalue weighted by molar-refractivity contribution is -0.230. The van der Waals surface area contributed by atoms with E-state index in [1.165, 1.54) is 38.5 Å². The van der Waals surface area contributed by atoms with Crippen molar-refractivity contribution in [2.45, 2.75) is 11.8 Å². The number of hydrogen-bond donors (Lipinski definition) is 1. The molecule has 2 aliphatic rings. The molecule has 0 radical (unpaired) electrons. The van der Waals surface area contributed by atoms with Crippen LogP contribution in [0.5, 0.6) is 0 Å². The zero-order valence-electron chi connectivity index (χ0n) is 12.0. The fourth-order valence-corrected chi connectivity index (χ4v) is 3.68. The molecule has 1 fully saturated rings. The van der Waals surface area contributed by atoms with E-state index in [0.717, 1.165) is 0 Å². The average Bonchev–Trinajstić information content (AvgIpc) is 3.11. The standard InChI is InChI=1S/C15H13FN4O2/c1-21-15(22-2)14(8-18)11(9-3-5-10(16)6-4-9)13(14,7-17)12(19)20-15/h3-6,11H,1-2H3,(H2,19,20)/t11-,13-,14-/m1/s1. The molecule has 1 aromatic rings. The quantitative estimate of drug-likeness (QED) is 0.846. The SMILES string of the molecule is COC1(OC)N=C(N)[C@@]2(C#N)[C@@H](c3ccc(F)cc3)[C@@]12C#N. The third-order valence-electron chi connectivity index (χ3n) is 4.68. The van der Waals surface area contributed by atoms with Crippen LogP contribution in [0.25, 0.3) is 0 Å². The third kappa shape index (κ3) is 1.22. The maximum atomic E-state index is 13.1. The van der Waals surface area contributed by atoms with Crippen LogP contribution >= 0.6 is 0 Å². The first-order valence-corrected chi connectivity index (χ1v) is 6.53. The van der Waals surface area contributed by atoms with Gasteiger partial charge in [-0.25, -0.2) is 9.38 Å². The molecular formula is C15H13FN4O2. The van der Waals surface area contributed by atoms with Gasteiger partial charge in [-0.15, -0.1) is 0 Å². The number of fused-ring (bicyclic) bond motifs is 1. The molecule has 1 aliphatic heterocycles. The molecular weight excluding hydrogens is 287 g/mol. The Balaban J connectivity index is 2.23. The molecule has 2 N–H and O–H groups in total. The summed E-state index contributed by atoms with van der Waals surface area (Å²) in [6.07, 6.45) is 0. The van der Waals surface area contributed by atoms with Gasteiger partial charge in [-0.2, -0.15) is 10.5 Å². The van der Waals surface area contributed by atoms with Gasteiger partial charge in [0.1, 0.15) is 17.1 Å². The summed E-state index contributed by atoms with van der Waals surface area (Å²) >= 11 is 0. The van der Waals surface area contributed by atoms with Gasteiger partial charge < -0.3 is 15.2 Å². The van der Waals surface area contributed by atoms with E-state index in [4.69, 9.17) is 15.2 Å². The highest BCUT2D eigenvalue weighted by Crippen LogP contribution is 2.81. The first kappa shape index (κ1) is 14.5. The lowest BCUT2D eigenvalue weighted by Crippen LogP contribution is -2.41. The second-order valence-electron chi connectivity index (χ2n) is 5.31. The molecule has 1 aromatic carbocycles. The Hall–Kier alpha value is -2.48. The molecule has 22 heavy (non-hydrogen) atoms. The van der Waals surface area contributed by atoms with Crippen LogP contribution in [0.4, 0.5) is 4.39 Å². The van der Waals surface area contributed by atoms with E-state index in [1.54, 1.807) is 0 Å². The lowest BCUT2D eigenvalue weighted by atomic mass is 9.93. The van der Waals surface area contributed by atoms with Crippen LogP contribution in [0.15, 0.2) is 29.3 Å². The first-order chi connectivity index (χ1) is 10.5. The summed E-state index contributed by atoms with van der Waals surface area (Å²) in [4.78, 5) is 4.10. The number of aliphatic imine (C=N–C) groups is 1. The number of ether oxygens (including phenoxy) is 2. The highest BCUT2D eigenvalue weighted by atomic mass is 19.1. The first-order valence-electron chi connectivity index (χ1n) is 6.53. The van der Waals surface area contributed by atoms with Crippen LogP contribution in [0.1, 0.15) is 11.5 Å². The van der Waals surface area contributed by atoms with E-state index in [0.29, 0.717) is 5.56 Å². The number of nitrogens with two attached hydrogens (primary N) is 1. The highest BCUT2D eigenvalue weighted by Gasteiger charge is 2.93. The van der Waals surface area contributed by atoms with Gasteiger partial charge in [-0.05, 0) is 17.7 Å². The van der Waals surface area contributed by atoms with Gasteiger partial charge in [0.25, 0.3) is 5.91 Å². The molecule has 6 nitrogen and oxygen atoms in total. The van der Waals surface area contributed by atoms with Crippen molar-refractivity contribution < 1.29 is 13.9 Å². The molecule has 0 aromatic heterocycles. The Morgan fingerprint density at radius 3 is 2.23 bits per heavy atom. The van der Waals surface area contributed by atoms with Gasteiger partial charge in [-0.3, -0.25) is 0 Å². The predicted molar refractivity (Wildman–Crippen MR) is 73.6 cm³/mol. The summed E-state index contributed by atoms with van der Waals surface area (Å²) < 4.78 is 23.8. The Morgan fingerprint density at radius 2 is 1.77 bits per heavy atom. The smallest absolute Gasteiger partial charge is 0.292 e. The number of amidine groups is 1. The second kappa shape index (κ2) is 4.26. The van der Waals surface area contributed by atoms with Crippen molar-refractivity contribution in [3.05, 3.63) is 35.6 Å². The molecule has 0 spiro atoms. The van der Waals surface area contributed by atoms with E-state index < -0.39 is 28.5 Å². The zero-order valence-corrected chi connectivity index (χ0v) is 12.0. The minimum absolute atomic E-state index is 0.00502. The minimum Gasteiger partial charge on any atom is -0.386 e. The second-order valence-corrected chi connectivity index (χ2v) is 5.31. The number of benzene rings is 1. The maximum absolute atomic E-state index is 13.1. The van der Waals surface area contributed by atoms with Gasteiger partial charge in [0.05, 0.1) is 12.1 Å². The monoisotopic (exact) mass is 300 g/mol. The summed E-state index contributed by atoms with van der Waals surface area (Å²) in [6, 6.07) is 9.84. The van der Waals surface area contributed by atoms with Crippen molar-refractivity contribution in [3.8, 4) is 12.1 Å². The summed E-state index contributed by atoms with van der Waals surface area (Å²) in [7, 11) is 2.68. The van der Waals surface area contributed by atoms with E-state index >= 15 is 0 Å². The minimum atomic E-state index is -1.65. The van der Waals surface area contributed by atoms with Crippen molar-refractivity contribution in [2.75, 3.05) is 14.2 Å². The van der Waals surface area contributed by atoms with Crippen LogP contribution < -0.4 is 5.73 Å². The van der Waals surface area contributed by atoms with Gasteiger partial charge in [0.15, 0.2) is 5.41 Å². The van der Waals surface area contributed by atoms with Crippen molar-refractivity contribution in [1.29, 1.82) is 10.5 Å². The fraction of sp³-hybridized carbons (Fsp3) is 0.400. The van der Waals surface area contributed by atoms with Gasteiger partial charge in [0, 0.05) is 20.1 Å². The topological polar surface area (TPSA) is 104 Å². The number of nitriles is 2. The molecule has 0 amide bonds. The molecule has 3 atom stereocenters. The van der Waals surface area contributed by atoms with Crippen molar-refractivity contribution in [3.63, 3.8) is 0 Å². The highest BCUT2D eigenvalue weighted by molar-refractivity contribution is 6.00. The molecule has 0 unspecified atom stereocenters. The summed E-state index contributed by atoms with van der Waals surface area (Å²) in [6.45, 7) is 0. The molecule has 1 saturated carbocycles. The van der Waals surface area contributed by atoms with Crippen LogP contribution in [0.3, 0.4) is 0 Å². The number of methoxy groups -OCH3 is 2. The molecule has 3 rings (SSSR count). The lowest BCUT2D eigenvalue weighted by Gasteiger charge is -2.29. The molecule has 1 aliphatic carbocycles. The largest absolute Gasteiger partial charge is 0.386 e. The van der Waals surface area contributed by atoms with Gasteiger partial charge >= 0.3 is 0 Å². The van der Waals surface area contributed by atoms with Gasteiger partial charge in [0.2, 0.25) is 0 Å². The van der Waals surface area contributed by atoms with Crippen LogP contribution in [0, 0.1) is 39.3 Å². The van der Waals surface area contributed by atoms with E-state index in [2.05, 4.69) is 17.1 Å². The fourth-order valence-electron chi connectivity index (χ4n) is 3.68. The van der Waals surface area contributed by atoms with Crippen molar-refractivity contribution in [1.82, 2.24) is 0 Å². The molecule has 0 bridgehead atoms. The zero-order chi connectivity index (χ0) is 16.2. The molecule has 1 heterocycles. The Kier molecular flexibility index (Phi) is 2.80. The van der Waals surface area contributed by atoms with Crippen LogP contribution in [-0.2, 0) is 9.47 Å². The summed E-state index contributed by atoms with van der Waals surface area (Å²) in [5, 5.41) is 19.5. The van der Waals surface area contributed by atoms with E-state index in [-0.39, 0.29) is 5.84 Å². The average molecular weight is 300 g/mol. The summed E-state index contributed by atoms with van der Waals surface area (Å²) in [5.41, 5.74) is 3.82. The van der Waals surface area contributed by atoms with Crippen LogP contribution in [0.2, 0.25) is 0 Å².